The number of nitrogens with zero attached hydrogens (tertiary/aromatic N) is 1. The molecule has 3 rings (SSSR count). The molecule has 0 spiro atoms. The third-order valence-electron chi connectivity index (χ3n) is 4.18. The summed E-state index contributed by atoms with van der Waals surface area (Å²) in [4.78, 5) is 26.4. The minimum Gasteiger partial charge on any atom is -0.378 e. The van der Waals surface area contributed by atoms with Crippen LogP contribution < -0.4 is 5.32 Å². The number of nitrogens with one attached hydrogen (secondary N) is 1. The number of benzene rings is 2. The average Bonchev–Trinajstić information content (AvgIpc) is 2.67. The number of aryl methyl sites for hydroxylation is 1. The first-order chi connectivity index (χ1) is 12.2. The molecule has 25 heavy (non-hydrogen) atoms. The maximum absolute atomic E-state index is 12.5. The molecule has 2 amide bonds. The zero-order valence-electron chi connectivity index (χ0n) is 14.1. The summed E-state index contributed by atoms with van der Waals surface area (Å²) in [5, 5.41) is 2.88. The van der Waals surface area contributed by atoms with Crippen LogP contribution in [-0.4, -0.2) is 43.0 Å². The topological polar surface area (TPSA) is 58.6 Å². The summed E-state index contributed by atoms with van der Waals surface area (Å²) in [6, 6.07) is 17.0. The molecule has 0 unspecified atom stereocenters. The van der Waals surface area contributed by atoms with Gasteiger partial charge >= 0.3 is 0 Å². The van der Waals surface area contributed by atoms with Crippen molar-refractivity contribution in [1.29, 1.82) is 0 Å². The van der Waals surface area contributed by atoms with Gasteiger partial charge in [0.2, 0.25) is 5.91 Å². The molecule has 1 aliphatic heterocycles. The van der Waals surface area contributed by atoms with Gasteiger partial charge in [0, 0.05) is 30.8 Å². The molecule has 0 atom stereocenters. The van der Waals surface area contributed by atoms with E-state index in [1.807, 2.05) is 30.3 Å². The fraction of sp³-hybridized carbons (Fsp3) is 0.300. The van der Waals surface area contributed by atoms with E-state index in [4.69, 9.17) is 4.74 Å². The van der Waals surface area contributed by atoms with Gasteiger partial charge in [-0.1, -0.05) is 36.4 Å². The number of hydrogen-bond acceptors (Lipinski definition) is 3. The Bertz CT molecular complexity index is 725. The molecular formula is C20H22N2O3. The highest BCUT2D eigenvalue weighted by Gasteiger charge is 2.18. The molecule has 2 aromatic carbocycles. The fourth-order valence-corrected chi connectivity index (χ4v) is 2.81. The molecule has 0 saturated carbocycles. The predicted molar refractivity (Wildman–Crippen MR) is 96.6 cm³/mol. The van der Waals surface area contributed by atoms with Crippen LogP contribution in [0.15, 0.2) is 54.6 Å². The highest BCUT2D eigenvalue weighted by molar-refractivity contribution is 5.97. The van der Waals surface area contributed by atoms with Gasteiger partial charge in [0.25, 0.3) is 5.91 Å². The largest absolute Gasteiger partial charge is 0.378 e. The van der Waals surface area contributed by atoms with Crippen molar-refractivity contribution in [2.45, 2.75) is 12.8 Å². The Balaban J connectivity index is 1.57. The predicted octanol–water partition coefficient (Wildman–Crippen LogP) is 2.73. The van der Waals surface area contributed by atoms with E-state index in [9.17, 15) is 9.59 Å². The summed E-state index contributed by atoms with van der Waals surface area (Å²) in [6.45, 7) is 2.35. The first-order valence-corrected chi connectivity index (χ1v) is 8.53. The molecule has 5 heteroatoms. The van der Waals surface area contributed by atoms with E-state index in [0.717, 1.165) is 5.56 Å². The van der Waals surface area contributed by atoms with Gasteiger partial charge in [0.05, 0.1) is 13.2 Å². The van der Waals surface area contributed by atoms with Crippen molar-refractivity contribution < 1.29 is 14.3 Å². The number of anilines is 1. The van der Waals surface area contributed by atoms with Crippen LogP contribution in [0.25, 0.3) is 0 Å². The molecule has 1 N–H and O–H groups in total. The molecular weight excluding hydrogens is 316 g/mol. The van der Waals surface area contributed by atoms with Crippen LogP contribution >= 0.6 is 0 Å². The van der Waals surface area contributed by atoms with Crippen LogP contribution in [-0.2, 0) is 16.0 Å². The van der Waals surface area contributed by atoms with Gasteiger partial charge in [-0.3, -0.25) is 9.59 Å². The first-order valence-electron chi connectivity index (χ1n) is 8.53. The number of rotatable bonds is 5. The lowest BCUT2D eigenvalue weighted by atomic mass is 10.1. The van der Waals surface area contributed by atoms with Crippen LogP contribution in [0.2, 0.25) is 0 Å². The van der Waals surface area contributed by atoms with E-state index in [-0.39, 0.29) is 11.8 Å². The van der Waals surface area contributed by atoms with Crippen molar-refractivity contribution >= 4 is 17.5 Å². The minimum absolute atomic E-state index is 0.0244. The number of ether oxygens (including phenoxy) is 1. The lowest BCUT2D eigenvalue weighted by molar-refractivity contribution is -0.116. The fourth-order valence-electron chi connectivity index (χ4n) is 2.81. The third-order valence-corrected chi connectivity index (χ3v) is 4.18. The van der Waals surface area contributed by atoms with Crippen molar-refractivity contribution in [1.82, 2.24) is 4.90 Å². The number of amides is 2. The smallest absolute Gasteiger partial charge is 0.254 e. The van der Waals surface area contributed by atoms with Gasteiger partial charge < -0.3 is 15.0 Å². The highest BCUT2D eigenvalue weighted by atomic mass is 16.5. The van der Waals surface area contributed by atoms with Gasteiger partial charge in [-0.2, -0.15) is 0 Å². The number of hydrogen-bond donors (Lipinski definition) is 1. The van der Waals surface area contributed by atoms with Crippen molar-refractivity contribution in [2.24, 2.45) is 0 Å². The molecule has 1 fully saturated rings. The Hall–Kier alpha value is -2.66. The van der Waals surface area contributed by atoms with Crippen LogP contribution in [0.3, 0.4) is 0 Å². The molecule has 0 aliphatic carbocycles. The zero-order chi connectivity index (χ0) is 17.5. The number of morpholine rings is 1. The van der Waals surface area contributed by atoms with E-state index in [1.54, 1.807) is 29.2 Å². The maximum atomic E-state index is 12.5. The first kappa shape index (κ1) is 17.2. The third kappa shape index (κ3) is 4.90. The standard InChI is InChI=1S/C20H22N2O3/c23-19(10-9-16-5-2-1-3-6-16)21-18-8-4-7-17(15-18)20(24)22-11-13-25-14-12-22/h1-8,15H,9-14H2,(H,21,23). The number of carbonyl (C=O) groups excluding carboxylic acids is 2. The monoisotopic (exact) mass is 338 g/mol. The molecule has 2 aromatic rings. The highest BCUT2D eigenvalue weighted by Crippen LogP contribution is 2.14. The van der Waals surface area contributed by atoms with E-state index in [2.05, 4.69) is 5.32 Å². The Morgan fingerprint density at radius 1 is 1.00 bits per heavy atom. The summed E-state index contributed by atoms with van der Waals surface area (Å²) >= 11 is 0. The Labute approximate surface area is 147 Å². The van der Waals surface area contributed by atoms with Crippen molar-refractivity contribution in [3.05, 3.63) is 65.7 Å². The van der Waals surface area contributed by atoms with Gasteiger partial charge in [-0.15, -0.1) is 0 Å². The zero-order valence-corrected chi connectivity index (χ0v) is 14.1. The maximum Gasteiger partial charge on any atom is 0.254 e. The molecule has 1 aliphatic rings. The van der Waals surface area contributed by atoms with Crippen LogP contribution in [0.4, 0.5) is 5.69 Å². The summed E-state index contributed by atoms with van der Waals surface area (Å²) in [7, 11) is 0. The van der Waals surface area contributed by atoms with Gasteiger partial charge in [-0.05, 0) is 30.2 Å². The van der Waals surface area contributed by atoms with Crippen LogP contribution in [0, 0.1) is 0 Å². The summed E-state index contributed by atoms with van der Waals surface area (Å²) in [5.74, 6) is -0.0801. The van der Waals surface area contributed by atoms with Crippen molar-refractivity contribution in [2.75, 3.05) is 31.6 Å². The minimum atomic E-state index is -0.0557. The Morgan fingerprint density at radius 3 is 2.52 bits per heavy atom. The summed E-state index contributed by atoms with van der Waals surface area (Å²) in [5.41, 5.74) is 2.37. The Kier molecular flexibility index (Phi) is 5.80. The lowest BCUT2D eigenvalue weighted by Crippen LogP contribution is -2.40. The van der Waals surface area contributed by atoms with Crippen molar-refractivity contribution in [3.63, 3.8) is 0 Å². The second-order valence-corrected chi connectivity index (χ2v) is 6.02. The molecule has 5 nitrogen and oxygen atoms in total. The van der Waals surface area contributed by atoms with E-state index < -0.39 is 0 Å². The average molecular weight is 338 g/mol. The molecule has 0 radical (unpaired) electrons. The summed E-state index contributed by atoms with van der Waals surface area (Å²) in [6.07, 6.45) is 1.10. The summed E-state index contributed by atoms with van der Waals surface area (Å²) < 4.78 is 5.27. The SMILES string of the molecule is O=C(CCc1ccccc1)Nc1cccc(C(=O)N2CCOCC2)c1. The quantitative estimate of drug-likeness (QED) is 0.912. The molecule has 0 bridgehead atoms. The van der Waals surface area contributed by atoms with Crippen molar-refractivity contribution in [3.8, 4) is 0 Å². The van der Waals surface area contributed by atoms with Crippen LogP contribution in [0.1, 0.15) is 22.3 Å². The van der Waals surface area contributed by atoms with E-state index in [0.29, 0.717) is 50.4 Å². The lowest BCUT2D eigenvalue weighted by Gasteiger charge is -2.27. The molecule has 1 heterocycles. The van der Waals surface area contributed by atoms with Crippen LogP contribution in [0.5, 0.6) is 0 Å². The molecule has 1 saturated heterocycles. The van der Waals surface area contributed by atoms with E-state index in [1.165, 1.54) is 0 Å². The van der Waals surface area contributed by atoms with Gasteiger partial charge in [-0.25, -0.2) is 0 Å². The van der Waals surface area contributed by atoms with E-state index >= 15 is 0 Å². The normalized spacial score (nSPS) is 14.2. The van der Waals surface area contributed by atoms with Gasteiger partial charge in [0.15, 0.2) is 0 Å². The second kappa shape index (κ2) is 8.44. The Morgan fingerprint density at radius 2 is 1.76 bits per heavy atom. The van der Waals surface area contributed by atoms with Gasteiger partial charge in [0.1, 0.15) is 0 Å². The second-order valence-electron chi connectivity index (χ2n) is 6.02. The molecule has 0 aromatic heterocycles. The molecule has 130 valence electrons. The number of carbonyl (C=O) groups is 2.